The van der Waals surface area contributed by atoms with Crippen molar-refractivity contribution < 1.29 is 13.2 Å². The van der Waals surface area contributed by atoms with E-state index >= 15 is 0 Å². The molecule has 0 unspecified atom stereocenters. The summed E-state index contributed by atoms with van der Waals surface area (Å²) < 4.78 is 26.4. The Morgan fingerprint density at radius 3 is 2.52 bits per heavy atom. The Bertz CT molecular complexity index is 825. The molecule has 1 amide bonds. The first-order valence-electron chi connectivity index (χ1n) is 7.20. The molecule has 0 radical (unpaired) electrons. The minimum Gasteiger partial charge on any atom is -0.340 e. The van der Waals surface area contributed by atoms with Gasteiger partial charge < -0.3 is 4.90 Å². The van der Waals surface area contributed by atoms with Crippen LogP contribution in [0.4, 0.5) is 0 Å². The van der Waals surface area contributed by atoms with E-state index in [9.17, 15) is 13.2 Å². The van der Waals surface area contributed by atoms with Crippen molar-refractivity contribution in [3.63, 3.8) is 0 Å². The molecule has 124 valence electrons. The number of rotatable bonds is 5. The van der Waals surface area contributed by atoms with Gasteiger partial charge in [-0.1, -0.05) is 6.07 Å². The standard InChI is InChI=1S/C16H21N3O3S/c1-12-5-6-15(7-13(12)2)23(21,22)11-16(20)18(3)9-14-8-17-19(4)10-14/h5-8,10H,9,11H2,1-4H3. The van der Waals surface area contributed by atoms with Gasteiger partial charge in [-0.3, -0.25) is 9.48 Å². The molecule has 6 nitrogen and oxygen atoms in total. The van der Waals surface area contributed by atoms with Crippen LogP contribution >= 0.6 is 0 Å². The summed E-state index contributed by atoms with van der Waals surface area (Å²) in [5.74, 6) is -0.973. The van der Waals surface area contributed by atoms with Gasteiger partial charge in [0.15, 0.2) is 9.84 Å². The van der Waals surface area contributed by atoms with Crippen LogP contribution in [-0.2, 0) is 28.2 Å². The van der Waals surface area contributed by atoms with Gasteiger partial charge in [0.1, 0.15) is 5.75 Å². The summed E-state index contributed by atoms with van der Waals surface area (Å²) >= 11 is 0. The summed E-state index contributed by atoms with van der Waals surface area (Å²) in [6.07, 6.45) is 3.45. The van der Waals surface area contributed by atoms with E-state index in [4.69, 9.17) is 0 Å². The highest BCUT2D eigenvalue weighted by Crippen LogP contribution is 2.16. The molecule has 0 aliphatic heterocycles. The highest BCUT2D eigenvalue weighted by Gasteiger charge is 2.22. The lowest BCUT2D eigenvalue weighted by Crippen LogP contribution is -2.32. The van der Waals surface area contributed by atoms with Crippen LogP contribution in [0, 0.1) is 13.8 Å². The molecule has 1 aromatic heterocycles. The van der Waals surface area contributed by atoms with E-state index in [1.807, 2.05) is 13.8 Å². The summed E-state index contributed by atoms with van der Waals surface area (Å²) in [6.45, 7) is 4.10. The smallest absolute Gasteiger partial charge is 0.238 e. The van der Waals surface area contributed by atoms with Gasteiger partial charge in [-0.25, -0.2) is 8.42 Å². The van der Waals surface area contributed by atoms with Gasteiger partial charge in [0, 0.05) is 32.4 Å². The van der Waals surface area contributed by atoms with Gasteiger partial charge in [0.2, 0.25) is 5.91 Å². The Morgan fingerprint density at radius 1 is 1.26 bits per heavy atom. The van der Waals surface area contributed by atoms with E-state index in [0.717, 1.165) is 16.7 Å². The molecular formula is C16H21N3O3S. The van der Waals surface area contributed by atoms with Crippen LogP contribution in [0.1, 0.15) is 16.7 Å². The predicted molar refractivity (Wildman–Crippen MR) is 87.7 cm³/mol. The Labute approximate surface area is 136 Å². The van der Waals surface area contributed by atoms with Crippen LogP contribution in [0.5, 0.6) is 0 Å². The molecule has 7 heteroatoms. The Balaban J connectivity index is 2.09. The van der Waals surface area contributed by atoms with Crippen molar-refractivity contribution in [2.24, 2.45) is 7.05 Å². The second-order valence-corrected chi connectivity index (χ2v) is 7.77. The summed E-state index contributed by atoms with van der Waals surface area (Å²) in [4.78, 5) is 13.8. The third-order valence-corrected chi connectivity index (χ3v) is 5.35. The van der Waals surface area contributed by atoms with Crippen molar-refractivity contribution >= 4 is 15.7 Å². The van der Waals surface area contributed by atoms with Gasteiger partial charge >= 0.3 is 0 Å². The molecule has 0 atom stereocenters. The molecule has 0 aliphatic carbocycles. The lowest BCUT2D eigenvalue weighted by Gasteiger charge is -2.16. The first-order chi connectivity index (χ1) is 10.7. The van der Waals surface area contributed by atoms with Crippen LogP contribution in [0.3, 0.4) is 0 Å². The number of carbonyl (C=O) groups excluding carboxylic acids is 1. The van der Waals surface area contributed by atoms with E-state index in [1.54, 1.807) is 49.4 Å². The minimum atomic E-state index is -3.64. The summed E-state index contributed by atoms with van der Waals surface area (Å²) in [5.41, 5.74) is 2.76. The van der Waals surface area contributed by atoms with Crippen LogP contribution in [-0.4, -0.2) is 41.8 Å². The molecule has 0 N–H and O–H groups in total. The fourth-order valence-electron chi connectivity index (χ4n) is 2.18. The SMILES string of the molecule is Cc1ccc(S(=O)(=O)CC(=O)N(C)Cc2cnn(C)c2)cc1C. The zero-order chi connectivity index (χ0) is 17.2. The number of sulfone groups is 1. The van der Waals surface area contributed by atoms with Gasteiger partial charge in [-0.15, -0.1) is 0 Å². The van der Waals surface area contributed by atoms with Gasteiger partial charge in [-0.05, 0) is 37.1 Å². The average Bonchev–Trinajstić information content (AvgIpc) is 2.86. The highest BCUT2D eigenvalue weighted by molar-refractivity contribution is 7.92. The number of carbonyl (C=O) groups is 1. The molecule has 0 fully saturated rings. The van der Waals surface area contributed by atoms with Crippen LogP contribution < -0.4 is 0 Å². The van der Waals surface area contributed by atoms with Gasteiger partial charge in [0.05, 0.1) is 11.1 Å². The second-order valence-electron chi connectivity index (χ2n) is 5.78. The lowest BCUT2D eigenvalue weighted by atomic mass is 10.1. The first-order valence-corrected chi connectivity index (χ1v) is 8.86. The minimum absolute atomic E-state index is 0.184. The van der Waals surface area contributed by atoms with Gasteiger partial charge in [-0.2, -0.15) is 5.10 Å². The fourth-order valence-corrected chi connectivity index (χ4v) is 3.52. The molecule has 0 saturated heterocycles. The van der Waals surface area contributed by atoms with Crippen LogP contribution in [0.25, 0.3) is 0 Å². The van der Waals surface area contributed by atoms with Gasteiger partial charge in [0.25, 0.3) is 0 Å². The van der Waals surface area contributed by atoms with Crippen LogP contribution in [0.2, 0.25) is 0 Å². The molecule has 0 saturated carbocycles. The molecule has 0 bridgehead atoms. The van der Waals surface area contributed by atoms with Crippen LogP contribution in [0.15, 0.2) is 35.5 Å². The predicted octanol–water partition coefficient (Wildman–Crippen LogP) is 1.47. The molecule has 23 heavy (non-hydrogen) atoms. The normalized spacial score (nSPS) is 11.5. The van der Waals surface area contributed by atoms with Crippen molar-refractivity contribution in [3.05, 3.63) is 47.3 Å². The largest absolute Gasteiger partial charge is 0.340 e. The number of aryl methyl sites for hydroxylation is 3. The lowest BCUT2D eigenvalue weighted by molar-refractivity contribution is -0.127. The maximum atomic E-state index is 12.4. The Hall–Kier alpha value is -2.15. The Morgan fingerprint density at radius 2 is 1.96 bits per heavy atom. The quantitative estimate of drug-likeness (QED) is 0.829. The van der Waals surface area contributed by atoms with Crippen molar-refractivity contribution in [2.75, 3.05) is 12.8 Å². The van der Waals surface area contributed by atoms with Crippen molar-refractivity contribution in [2.45, 2.75) is 25.3 Å². The third kappa shape index (κ3) is 4.19. The maximum Gasteiger partial charge on any atom is 0.238 e. The number of nitrogens with zero attached hydrogens (tertiary/aromatic N) is 3. The maximum absolute atomic E-state index is 12.4. The number of aromatic nitrogens is 2. The van der Waals surface area contributed by atoms with E-state index in [2.05, 4.69) is 5.10 Å². The molecule has 1 heterocycles. The molecule has 2 rings (SSSR count). The molecule has 2 aromatic rings. The Kier molecular flexibility index (Phi) is 4.89. The number of hydrogen-bond donors (Lipinski definition) is 0. The zero-order valence-electron chi connectivity index (χ0n) is 13.8. The van der Waals surface area contributed by atoms with Crippen molar-refractivity contribution in [1.82, 2.24) is 14.7 Å². The number of amides is 1. The molecule has 1 aromatic carbocycles. The van der Waals surface area contributed by atoms with Crippen molar-refractivity contribution in [3.8, 4) is 0 Å². The first kappa shape index (κ1) is 17.2. The van der Waals surface area contributed by atoms with E-state index in [-0.39, 0.29) is 4.90 Å². The number of hydrogen-bond acceptors (Lipinski definition) is 4. The van der Waals surface area contributed by atoms with E-state index in [0.29, 0.717) is 6.54 Å². The average molecular weight is 335 g/mol. The number of benzene rings is 1. The summed E-state index contributed by atoms with van der Waals surface area (Å²) in [5, 5.41) is 4.03. The summed E-state index contributed by atoms with van der Waals surface area (Å²) in [7, 11) is -0.267. The molecule has 0 aliphatic rings. The second kappa shape index (κ2) is 6.54. The monoisotopic (exact) mass is 335 g/mol. The zero-order valence-corrected chi connectivity index (χ0v) is 14.6. The topological polar surface area (TPSA) is 72.3 Å². The highest BCUT2D eigenvalue weighted by atomic mass is 32.2. The fraction of sp³-hybridized carbons (Fsp3) is 0.375. The molecule has 0 spiro atoms. The van der Waals surface area contributed by atoms with E-state index < -0.39 is 21.5 Å². The molecular weight excluding hydrogens is 314 g/mol. The third-order valence-electron chi connectivity index (χ3n) is 3.75. The van der Waals surface area contributed by atoms with E-state index in [1.165, 1.54) is 4.90 Å². The summed E-state index contributed by atoms with van der Waals surface area (Å²) in [6, 6.07) is 4.91. The van der Waals surface area contributed by atoms with Crippen molar-refractivity contribution in [1.29, 1.82) is 0 Å².